The maximum Gasteiger partial charge on any atom is 0.152 e. The summed E-state index contributed by atoms with van der Waals surface area (Å²) in [5.74, 6) is 0.524. The smallest absolute Gasteiger partial charge is 0.152 e. The Balaban J connectivity index is 4.50. The van der Waals surface area contributed by atoms with E-state index in [-0.39, 0.29) is 12.0 Å². The first kappa shape index (κ1) is 13.6. The molecule has 0 saturated heterocycles. The van der Waals surface area contributed by atoms with Crippen LogP contribution >= 0.6 is 0 Å². The highest BCUT2D eigenvalue weighted by atomic mass is 16.1. The zero-order valence-corrected chi connectivity index (χ0v) is 10.5. The Bertz CT molecular complexity index is 175. The molecule has 0 radical (unpaired) electrons. The number of ketones is 1. The minimum absolute atomic E-state index is 0.111. The number of carbonyl (C=O) groups excluding carboxylic acids is 1. The van der Waals surface area contributed by atoms with Crippen LogP contribution in [0.1, 0.15) is 47.5 Å². The minimum Gasteiger partial charge on any atom is -0.298 e. The molecule has 2 heteroatoms. The van der Waals surface area contributed by atoms with Gasteiger partial charge in [0.2, 0.25) is 0 Å². The van der Waals surface area contributed by atoms with Crippen molar-refractivity contribution < 1.29 is 4.79 Å². The normalized spacial score (nSPS) is 14.1. The van der Waals surface area contributed by atoms with E-state index in [4.69, 9.17) is 0 Å². The van der Waals surface area contributed by atoms with Crippen molar-refractivity contribution >= 4 is 5.78 Å². The zero-order chi connectivity index (χ0) is 11.3. The first-order chi connectivity index (χ1) is 6.41. The van der Waals surface area contributed by atoms with Gasteiger partial charge < -0.3 is 0 Å². The van der Waals surface area contributed by atoms with Crippen LogP contribution in [0.2, 0.25) is 0 Å². The third-order valence-electron chi connectivity index (χ3n) is 2.77. The molecular weight excluding hydrogens is 174 g/mol. The lowest BCUT2D eigenvalue weighted by atomic mass is 9.96. The molecule has 1 atom stereocenters. The van der Waals surface area contributed by atoms with E-state index in [1.54, 1.807) is 0 Å². The number of hydrogen-bond donors (Lipinski definition) is 0. The molecule has 0 bridgehead atoms. The van der Waals surface area contributed by atoms with Crippen molar-refractivity contribution in [2.24, 2.45) is 5.92 Å². The van der Waals surface area contributed by atoms with Crippen LogP contribution in [0, 0.1) is 5.92 Å². The molecule has 0 aliphatic carbocycles. The van der Waals surface area contributed by atoms with Gasteiger partial charge in [-0.05, 0) is 27.3 Å². The summed E-state index contributed by atoms with van der Waals surface area (Å²) in [6.45, 7) is 10.4. The zero-order valence-electron chi connectivity index (χ0n) is 10.5. The van der Waals surface area contributed by atoms with Crippen LogP contribution in [-0.4, -0.2) is 29.8 Å². The van der Waals surface area contributed by atoms with Gasteiger partial charge in [0.05, 0.1) is 6.04 Å². The number of rotatable bonds is 6. The van der Waals surface area contributed by atoms with Crippen LogP contribution in [-0.2, 0) is 4.79 Å². The maximum absolute atomic E-state index is 11.9. The molecule has 14 heavy (non-hydrogen) atoms. The van der Waals surface area contributed by atoms with Gasteiger partial charge in [0.25, 0.3) is 0 Å². The van der Waals surface area contributed by atoms with Gasteiger partial charge in [-0.3, -0.25) is 9.69 Å². The number of Topliss-reactive ketones (excluding diaryl/α,β-unsaturated/α-hetero) is 1. The van der Waals surface area contributed by atoms with Gasteiger partial charge in [-0.25, -0.2) is 0 Å². The van der Waals surface area contributed by atoms with Gasteiger partial charge in [-0.2, -0.15) is 0 Å². The number of hydrogen-bond acceptors (Lipinski definition) is 2. The van der Waals surface area contributed by atoms with Gasteiger partial charge in [0.1, 0.15) is 0 Å². The van der Waals surface area contributed by atoms with Crippen molar-refractivity contribution in [3.8, 4) is 0 Å². The topological polar surface area (TPSA) is 20.3 Å². The fraction of sp³-hybridized carbons (Fsp3) is 0.917. The van der Waals surface area contributed by atoms with Crippen molar-refractivity contribution in [2.75, 3.05) is 7.05 Å². The minimum atomic E-state index is 0.111. The van der Waals surface area contributed by atoms with Crippen molar-refractivity contribution in [1.82, 2.24) is 4.90 Å². The van der Waals surface area contributed by atoms with Crippen molar-refractivity contribution in [3.05, 3.63) is 0 Å². The lowest BCUT2D eigenvalue weighted by Crippen LogP contribution is -2.44. The summed E-state index contributed by atoms with van der Waals surface area (Å²) >= 11 is 0. The fourth-order valence-corrected chi connectivity index (χ4v) is 1.56. The molecule has 0 aromatic rings. The lowest BCUT2D eigenvalue weighted by Gasteiger charge is -2.31. The molecule has 0 aromatic heterocycles. The van der Waals surface area contributed by atoms with E-state index in [2.05, 4.69) is 25.7 Å². The van der Waals surface area contributed by atoms with Crippen molar-refractivity contribution in [1.29, 1.82) is 0 Å². The first-order valence-electron chi connectivity index (χ1n) is 5.67. The van der Waals surface area contributed by atoms with Gasteiger partial charge in [-0.1, -0.05) is 27.2 Å². The van der Waals surface area contributed by atoms with Crippen LogP contribution in [0.5, 0.6) is 0 Å². The van der Waals surface area contributed by atoms with Crippen molar-refractivity contribution in [2.45, 2.75) is 59.5 Å². The summed E-state index contributed by atoms with van der Waals surface area (Å²) in [4.78, 5) is 14.1. The Hall–Kier alpha value is -0.370. The summed E-state index contributed by atoms with van der Waals surface area (Å²) in [5.41, 5.74) is 0. The second kappa shape index (κ2) is 6.18. The van der Waals surface area contributed by atoms with Crippen LogP contribution < -0.4 is 0 Å². The Kier molecular flexibility index (Phi) is 6.01. The molecule has 0 aliphatic rings. The van der Waals surface area contributed by atoms with Gasteiger partial charge in [0, 0.05) is 12.0 Å². The van der Waals surface area contributed by atoms with E-state index in [0.29, 0.717) is 11.8 Å². The van der Waals surface area contributed by atoms with Gasteiger partial charge in [-0.15, -0.1) is 0 Å². The summed E-state index contributed by atoms with van der Waals surface area (Å²) in [6.07, 6.45) is 2.05. The molecule has 2 nitrogen and oxygen atoms in total. The van der Waals surface area contributed by atoms with Crippen LogP contribution in [0.3, 0.4) is 0 Å². The second-order valence-electron chi connectivity index (χ2n) is 4.62. The van der Waals surface area contributed by atoms with Crippen LogP contribution in [0.4, 0.5) is 0 Å². The molecule has 0 saturated carbocycles. The van der Waals surface area contributed by atoms with Gasteiger partial charge in [0.15, 0.2) is 5.78 Å². The molecule has 0 rings (SSSR count). The molecule has 0 unspecified atom stereocenters. The Morgan fingerprint density at radius 1 is 1.21 bits per heavy atom. The standard InChI is InChI=1S/C12H25NO/c1-7-8-11(12(14)9(2)3)13(6)10(4)5/h9-11H,7-8H2,1-6H3/t11-/m0/s1. The second-order valence-corrected chi connectivity index (χ2v) is 4.62. The van der Waals surface area contributed by atoms with E-state index in [9.17, 15) is 4.79 Å². The SMILES string of the molecule is CCC[C@@H](C(=O)C(C)C)N(C)C(C)C. The molecule has 0 fully saturated rings. The molecule has 84 valence electrons. The van der Waals surface area contributed by atoms with E-state index in [0.717, 1.165) is 12.8 Å². The molecule has 0 N–H and O–H groups in total. The Morgan fingerprint density at radius 2 is 1.71 bits per heavy atom. The number of nitrogens with zero attached hydrogens (tertiary/aromatic N) is 1. The maximum atomic E-state index is 11.9. The number of likely N-dealkylation sites (N-methyl/N-ethyl adjacent to an activating group) is 1. The average Bonchev–Trinajstić information content (AvgIpc) is 2.11. The monoisotopic (exact) mass is 199 g/mol. The Morgan fingerprint density at radius 3 is 2.00 bits per heavy atom. The summed E-state index contributed by atoms with van der Waals surface area (Å²) < 4.78 is 0. The molecule has 0 aromatic carbocycles. The summed E-state index contributed by atoms with van der Waals surface area (Å²) in [6, 6.07) is 0.550. The van der Waals surface area contributed by atoms with E-state index < -0.39 is 0 Å². The third-order valence-corrected chi connectivity index (χ3v) is 2.77. The summed E-state index contributed by atoms with van der Waals surface area (Å²) in [5, 5.41) is 0. The number of carbonyl (C=O) groups is 1. The quantitative estimate of drug-likeness (QED) is 0.655. The largest absolute Gasteiger partial charge is 0.298 e. The third kappa shape index (κ3) is 3.79. The van der Waals surface area contributed by atoms with E-state index in [1.165, 1.54) is 0 Å². The Labute approximate surface area is 88.7 Å². The van der Waals surface area contributed by atoms with E-state index >= 15 is 0 Å². The van der Waals surface area contributed by atoms with Crippen LogP contribution in [0.15, 0.2) is 0 Å². The first-order valence-corrected chi connectivity index (χ1v) is 5.67. The predicted octanol–water partition coefficient (Wildman–Crippen LogP) is 2.72. The highest BCUT2D eigenvalue weighted by Gasteiger charge is 2.25. The van der Waals surface area contributed by atoms with Crippen molar-refractivity contribution in [3.63, 3.8) is 0 Å². The molecule has 0 amide bonds. The lowest BCUT2D eigenvalue weighted by molar-refractivity contribution is -0.127. The molecule has 0 spiro atoms. The molecule has 0 aliphatic heterocycles. The van der Waals surface area contributed by atoms with E-state index in [1.807, 2.05) is 20.9 Å². The predicted molar refractivity (Wildman–Crippen MR) is 61.4 cm³/mol. The fourth-order valence-electron chi connectivity index (χ4n) is 1.56. The highest BCUT2D eigenvalue weighted by Crippen LogP contribution is 2.14. The average molecular weight is 199 g/mol. The van der Waals surface area contributed by atoms with Gasteiger partial charge >= 0.3 is 0 Å². The van der Waals surface area contributed by atoms with Crippen LogP contribution in [0.25, 0.3) is 0 Å². The highest BCUT2D eigenvalue weighted by molar-refractivity contribution is 5.85. The summed E-state index contributed by atoms with van der Waals surface area (Å²) in [7, 11) is 2.05. The molecule has 0 heterocycles. The molecular formula is C12H25NO.